The summed E-state index contributed by atoms with van der Waals surface area (Å²) in [5.74, 6) is 0.740. The highest BCUT2D eigenvalue weighted by atomic mass is 16.5. The summed E-state index contributed by atoms with van der Waals surface area (Å²) in [5.41, 5.74) is 1.92. The first-order chi connectivity index (χ1) is 9.22. The van der Waals surface area contributed by atoms with Crippen LogP contribution < -0.4 is 10.1 Å². The van der Waals surface area contributed by atoms with E-state index in [2.05, 4.69) is 10.4 Å². The maximum absolute atomic E-state index is 10.0. The Hall–Kier alpha value is -2.01. The fraction of sp³-hybridized carbons (Fsp3) is 0.357. The van der Waals surface area contributed by atoms with E-state index in [9.17, 15) is 5.11 Å². The van der Waals surface area contributed by atoms with E-state index in [-0.39, 0.29) is 5.75 Å². The number of rotatable bonds is 6. The van der Waals surface area contributed by atoms with Crippen molar-refractivity contribution in [2.75, 3.05) is 6.61 Å². The van der Waals surface area contributed by atoms with E-state index < -0.39 is 0 Å². The predicted octanol–water partition coefficient (Wildman–Crippen LogP) is 1.81. The van der Waals surface area contributed by atoms with Gasteiger partial charge in [-0.05, 0) is 19.1 Å². The van der Waals surface area contributed by atoms with Gasteiger partial charge in [0.2, 0.25) is 0 Å². The molecule has 2 rings (SSSR count). The number of phenols is 1. The van der Waals surface area contributed by atoms with Gasteiger partial charge in [0.05, 0.1) is 12.3 Å². The van der Waals surface area contributed by atoms with Gasteiger partial charge in [0.25, 0.3) is 0 Å². The van der Waals surface area contributed by atoms with Gasteiger partial charge >= 0.3 is 0 Å². The lowest BCUT2D eigenvalue weighted by Gasteiger charge is -2.11. The van der Waals surface area contributed by atoms with Gasteiger partial charge in [0.1, 0.15) is 0 Å². The van der Waals surface area contributed by atoms with Crippen molar-refractivity contribution < 1.29 is 9.84 Å². The van der Waals surface area contributed by atoms with E-state index >= 15 is 0 Å². The van der Waals surface area contributed by atoms with Gasteiger partial charge in [0, 0.05) is 31.9 Å². The Labute approximate surface area is 112 Å². The molecular weight excluding hydrogens is 242 g/mol. The van der Waals surface area contributed by atoms with Crippen molar-refractivity contribution in [2.24, 2.45) is 7.05 Å². The molecule has 5 nitrogen and oxygen atoms in total. The van der Waals surface area contributed by atoms with Crippen molar-refractivity contribution in [3.8, 4) is 11.5 Å². The molecule has 0 atom stereocenters. The van der Waals surface area contributed by atoms with E-state index in [0.29, 0.717) is 25.4 Å². The molecule has 0 aliphatic heterocycles. The van der Waals surface area contributed by atoms with Crippen molar-refractivity contribution in [3.63, 3.8) is 0 Å². The van der Waals surface area contributed by atoms with Crippen LogP contribution in [0, 0.1) is 0 Å². The molecular formula is C14H19N3O2. The summed E-state index contributed by atoms with van der Waals surface area (Å²) in [7, 11) is 1.91. The molecule has 19 heavy (non-hydrogen) atoms. The SMILES string of the molecule is CCOc1cccc(CNCc2ccnn2C)c1O. The number of ether oxygens (including phenoxy) is 1. The molecule has 0 radical (unpaired) electrons. The molecule has 0 aliphatic rings. The molecule has 0 fully saturated rings. The zero-order chi connectivity index (χ0) is 13.7. The van der Waals surface area contributed by atoms with Crippen LogP contribution in [0.15, 0.2) is 30.5 Å². The summed E-state index contributed by atoms with van der Waals surface area (Å²) < 4.78 is 7.18. The Morgan fingerprint density at radius 1 is 1.32 bits per heavy atom. The second-order valence-corrected chi connectivity index (χ2v) is 4.25. The third-order valence-corrected chi connectivity index (χ3v) is 2.93. The van der Waals surface area contributed by atoms with Crippen LogP contribution in [0.4, 0.5) is 0 Å². The normalized spacial score (nSPS) is 10.6. The van der Waals surface area contributed by atoms with E-state index in [0.717, 1.165) is 11.3 Å². The molecule has 5 heteroatoms. The first-order valence-corrected chi connectivity index (χ1v) is 6.33. The minimum atomic E-state index is 0.210. The van der Waals surface area contributed by atoms with E-state index in [1.807, 2.05) is 36.9 Å². The first kappa shape index (κ1) is 13.4. The second-order valence-electron chi connectivity index (χ2n) is 4.25. The molecule has 2 N–H and O–H groups in total. The van der Waals surface area contributed by atoms with Crippen LogP contribution in [0.2, 0.25) is 0 Å². The molecule has 0 spiro atoms. The van der Waals surface area contributed by atoms with Gasteiger partial charge in [-0.15, -0.1) is 0 Å². The summed E-state index contributed by atoms with van der Waals surface area (Å²) in [5, 5.41) is 17.4. The Bertz CT molecular complexity index is 537. The van der Waals surface area contributed by atoms with Crippen molar-refractivity contribution in [3.05, 3.63) is 41.7 Å². The smallest absolute Gasteiger partial charge is 0.162 e. The molecule has 0 saturated carbocycles. The number of aromatic nitrogens is 2. The standard InChI is InChI=1S/C14H19N3O2/c1-3-19-13-6-4-5-11(14(13)18)9-15-10-12-7-8-16-17(12)2/h4-8,15,18H,3,9-10H2,1-2H3. The minimum absolute atomic E-state index is 0.210. The number of nitrogens with zero attached hydrogens (tertiary/aromatic N) is 2. The number of aromatic hydroxyl groups is 1. The van der Waals surface area contributed by atoms with Crippen LogP contribution in [0.5, 0.6) is 11.5 Å². The lowest BCUT2D eigenvalue weighted by atomic mass is 10.2. The van der Waals surface area contributed by atoms with Crippen LogP contribution in [0.3, 0.4) is 0 Å². The Kier molecular flexibility index (Phi) is 4.41. The third-order valence-electron chi connectivity index (χ3n) is 2.93. The van der Waals surface area contributed by atoms with Crippen LogP contribution in [0.25, 0.3) is 0 Å². The first-order valence-electron chi connectivity index (χ1n) is 6.33. The molecule has 1 aromatic heterocycles. The molecule has 2 aromatic rings. The minimum Gasteiger partial charge on any atom is -0.504 e. The average molecular weight is 261 g/mol. The zero-order valence-corrected chi connectivity index (χ0v) is 11.3. The van der Waals surface area contributed by atoms with Gasteiger partial charge in [-0.3, -0.25) is 4.68 Å². The van der Waals surface area contributed by atoms with Crippen molar-refractivity contribution in [1.29, 1.82) is 0 Å². The molecule has 0 bridgehead atoms. The summed E-state index contributed by atoms with van der Waals surface area (Å²) >= 11 is 0. The van der Waals surface area contributed by atoms with Gasteiger partial charge in [-0.1, -0.05) is 12.1 Å². The number of phenolic OH excluding ortho intramolecular Hbond substituents is 1. The van der Waals surface area contributed by atoms with Gasteiger partial charge < -0.3 is 15.2 Å². The van der Waals surface area contributed by atoms with Crippen LogP contribution in [-0.2, 0) is 20.1 Å². The largest absolute Gasteiger partial charge is 0.504 e. The lowest BCUT2D eigenvalue weighted by molar-refractivity contribution is 0.316. The highest BCUT2D eigenvalue weighted by molar-refractivity contribution is 5.45. The summed E-state index contributed by atoms with van der Waals surface area (Å²) in [4.78, 5) is 0. The second kappa shape index (κ2) is 6.24. The summed E-state index contributed by atoms with van der Waals surface area (Å²) in [6.07, 6.45) is 1.77. The number of benzene rings is 1. The highest BCUT2D eigenvalue weighted by Gasteiger charge is 2.07. The molecule has 102 valence electrons. The Morgan fingerprint density at radius 3 is 2.84 bits per heavy atom. The Balaban J connectivity index is 1.96. The van der Waals surface area contributed by atoms with E-state index in [1.165, 1.54) is 0 Å². The molecule has 0 saturated heterocycles. The van der Waals surface area contributed by atoms with Crippen molar-refractivity contribution in [2.45, 2.75) is 20.0 Å². The molecule has 0 aliphatic carbocycles. The van der Waals surface area contributed by atoms with E-state index in [1.54, 1.807) is 12.3 Å². The van der Waals surface area contributed by atoms with Crippen LogP contribution in [-0.4, -0.2) is 21.5 Å². The molecule has 0 unspecified atom stereocenters. The highest BCUT2D eigenvalue weighted by Crippen LogP contribution is 2.29. The van der Waals surface area contributed by atoms with Crippen molar-refractivity contribution in [1.82, 2.24) is 15.1 Å². The number of aryl methyl sites for hydroxylation is 1. The number of nitrogens with one attached hydrogen (secondary N) is 1. The van der Waals surface area contributed by atoms with E-state index in [4.69, 9.17) is 4.74 Å². The molecule has 0 amide bonds. The maximum atomic E-state index is 10.0. The van der Waals surface area contributed by atoms with Gasteiger partial charge in [-0.2, -0.15) is 5.10 Å². The summed E-state index contributed by atoms with van der Waals surface area (Å²) in [6, 6.07) is 7.49. The zero-order valence-electron chi connectivity index (χ0n) is 11.3. The molecule has 1 aromatic carbocycles. The number of hydrogen-bond donors (Lipinski definition) is 2. The summed E-state index contributed by atoms with van der Waals surface area (Å²) in [6.45, 7) is 3.72. The monoisotopic (exact) mass is 261 g/mol. The fourth-order valence-corrected chi connectivity index (χ4v) is 1.88. The van der Waals surface area contributed by atoms with Crippen LogP contribution in [0.1, 0.15) is 18.2 Å². The van der Waals surface area contributed by atoms with Crippen molar-refractivity contribution >= 4 is 0 Å². The Morgan fingerprint density at radius 2 is 2.16 bits per heavy atom. The fourth-order valence-electron chi connectivity index (χ4n) is 1.88. The topological polar surface area (TPSA) is 59.3 Å². The average Bonchev–Trinajstić information content (AvgIpc) is 2.80. The number of para-hydroxylation sites is 1. The lowest BCUT2D eigenvalue weighted by Crippen LogP contribution is -2.15. The predicted molar refractivity (Wildman–Crippen MR) is 73.0 cm³/mol. The molecule has 1 heterocycles. The number of hydrogen-bond acceptors (Lipinski definition) is 4. The quantitative estimate of drug-likeness (QED) is 0.832. The third kappa shape index (κ3) is 3.26. The van der Waals surface area contributed by atoms with Gasteiger partial charge in [0.15, 0.2) is 11.5 Å². The van der Waals surface area contributed by atoms with Gasteiger partial charge in [-0.25, -0.2) is 0 Å². The maximum Gasteiger partial charge on any atom is 0.162 e. The van der Waals surface area contributed by atoms with Crippen LogP contribution >= 0.6 is 0 Å².